The molecular formula is C20H17N3O2. The number of rotatable bonds is 2. The Kier molecular flexibility index (Phi) is 3.32. The summed E-state index contributed by atoms with van der Waals surface area (Å²) >= 11 is 0. The monoisotopic (exact) mass is 331 g/mol. The van der Waals surface area contributed by atoms with Crippen molar-refractivity contribution in [3.8, 4) is 11.3 Å². The SMILES string of the molecule is CC1=NC(C)(c2ccc(-c3ccc4ccccc4c3)[nH]c2=O)C(=O)N1. The van der Waals surface area contributed by atoms with E-state index in [0.29, 0.717) is 17.1 Å². The molecule has 0 fully saturated rings. The van der Waals surface area contributed by atoms with Crippen molar-refractivity contribution in [1.82, 2.24) is 10.3 Å². The average Bonchev–Trinajstić information content (AvgIpc) is 2.87. The third-order valence-corrected chi connectivity index (χ3v) is 4.62. The standard InChI is InChI=1S/C20H17N3O2/c1-12-21-19(25)20(2,23-12)16-9-10-17(22-18(16)24)15-8-7-13-5-3-4-6-14(13)11-15/h3-11H,1-2H3,(H,22,24)(H,21,23,25). The maximum Gasteiger partial charge on any atom is 0.257 e. The summed E-state index contributed by atoms with van der Waals surface area (Å²) in [5.74, 6) is 0.236. The predicted octanol–water partition coefficient (Wildman–Crippen LogP) is 2.96. The third-order valence-electron chi connectivity index (χ3n) is 4.62. The van der Waals surface area contributed by atoms with Crippen LogP contribution in [0.1, 0.15) is 19.4 Å². The van der Waals surface area contributed by atoms with Gasteiger partial charge in [-0.15, -0.1) is 0 Å². The number of H-pyrrole nitrogens is 1. The summed E-state index contributed by atoms with van der Waals surface area (Å²) in [4.78, 5) is 32.0. The van der Waals surface area contributed by atoms with Crippen LogP contribution in [0.3, 0.4) is 0 Å². The van der Waals surface area contributed by atoms with E-state index in [0.717, 1.165) is 16.3 Å². The highest BCUT2D eigenvalue weighted by atomic mass is 16.2. The number of nitrogens with zero attached hydrogens (tertiary/aromatic N) is 1. The van der Waals surface area contributed by atoms with Crippen LogP contribution >= 0.6 is 0 Å². The van der Waals surface area contributed by atoms with E-state index in [1.54, 1.807) is 19.9 Å². The summed E-state index contributed by atoms with van der Waals surface area (Å²) in [5, 5.41) is 4.91. The van der Waals surface area contributed by atoms with Gasteiger partial charge in [-0.2, -0.15) is 0 Å². The number of aromatic nitrogens is 1. The minimum Gasteiger partial charge on any atom is -0.322 e. The van der Waals surface area contributed by atoms with Gasteiger partial charge in [-0.25, -0.2) is 0 Å². The van der Waals surface area contributed by atoms with Crippen molar-refractivity contribution in [1.29, 1.82) is 0 Å². The topological polar surface area (TPSA) is 74.3 Å². The Bertz CT molecular complexity index is 1100. The lowest BCUT2D eigenvalue weighted by atomic mass is 9.93. The van der Waals surface area contributed by atoms with E-state index < -0.39 is 5.54 Å². The van der Waals surface area contributed by atoms with Crippen LogP contribution in [-0.4, -0.2) is 16.7 Å². The molecule has 1 atom stereocenters. The minimum atomic E-state index is -1.18. The molecule has 0 radical (unpaired) electrons. The molecule has 3 aromatic rings. The molecule has 1 aromatic heterocycles. The molecule has 2 N–H and O–H groups in total. The number of hydrogen-bond donors (Lipinski definition) is 2. The smallest absolute Gasteiger partial charge is 0.257 e. The van der Waals surface area contributed by atoms with Gasteiger partial charge in [0.15, 0.2) is 5.54 Å². The van der Waals surface area contributed by atoms with E-state index in [1.807, 2.05) is 48.5 Å². The number of pyridine rings is 1. The van der Waals surface area contributed by atoms with Crippen LogP contribution in [0.25, 0.3) is 22.0 Å². The summed E-state index contributed by atoms with van der Waals surface area (Å²) in [7, 11) is 0. The summed E-state index contributed by atoms with van der Waals surface area (Å²) in [6.07, 6.45) is 0. The Balaban J connectivity index is 1.79. The molecule has 1 unspecified atom stereocenters. The zero-order valence-electron chi connectivity index (χ0n) is 14.0. The second kappa shape index (κ2) is 5.41. The third kappa shape index (κ3) is 2.45. The van der Waals surface area contributed by atoms with Crippen LogP contribution < -0.4 is 10.9 Å². The number of carbonyl (C=O) groups is 1. The van der Waals surface area contributed by atoms with Gasteiger partial charge in [0.2, 0.25) is 0 Å². The lowest BCUT2D eigenvalue weighted by Gasteiger charge is -2.17. The molecule has 0 saturated heterocycles. The molecule has 0 saturated carbocycles. The number of benzene rings is 2. The number of hydrogen-bond acceptors (Lipinski definition) is 3. The van der Waals surface area contributed by atoms with E-state index >= 15 is 0 Å². The fraction of sp³-hybridized carbons (Fsp3) is 0.150. The summed E-state index contributed by atoms with van der Waals surface area (Å²) in [6, 6.07) is 17.6. The quantitative estimate of drug-likeness (QED) is 0.757. The van der Waals surface area contributed by atoms with E-state index in [2.05, 4.69) is 15.3 Å². The Labute approximate surface area is 144 Å². The first-order valence-electron chi connectivity index (χ1n) is 8.08. The zero-order chi connectivity index (χ0) is 17.6. The first-order valence-corrected chi connectivity index (χ1v) is 8.08. The highest BCUT2D eigenvalue weighted by molar-refractivity contribution is 6.07. The number of amides is 1. The van der Waals surface area contributed by atoms with Crippen molar-refractivity contribution in [3.63, 3.8) is 0 Å². The maximum absolute atomic E-state index is 12.6. The van der Waals surface area contributed by atoms with Crippen molar-refractivity contribution in [2.45, 2.75) is 19.4 Å². The predicted molar refractivity (Wildman–Crippen MR) is 98.6 cm³/mol. The number of carbonyl (C=O) groups excluding carboxylic acids is 1. The molecule has 2 aromatic carbocycles. The van der Waals surface area contributed by atoms with Gasteiger partial charge in [0.1, 0.15) is 5.84 Å². The van der Waals surface area contributed by atoms with Crippen molar-refractivity contribution in [3.05, 3.63) is 70.5 Å². The molecule has 4 rings (SSSR count). The first-order chi connectivity index (χ1) is 12.0. The summed E-state index contributed by atoms with van der Waals surface area (Å²) in [6.45, 7) is 3.36. The van der Waals surface area contributed by atoms with Gasteiger partial charge in [0.25, 0.3) is 11.5 Å². The summed E-state index contributed by atoms with van der Waals surface area (Å²) in [5.41, 5.74) is 0.484. The van der Waals surface area contributed by atoms with Crippen molar-refractivity contribution >= 4 is 22.5 Å². The van der Waals surface area contributed by atoms with Crippen molar-refractivity contribution in [2.24, 2.45) is 4.99 Å². The molecule has 124 valence electrons. The van der Waals surface area contributed by atoms with Crippen LogP contribution in [0.4, 0.5) is 0 Å². The van der Waals surface area contributed by atoms with Crippen LogP contribution in [-0.2, 0) is 10.3 Å². The second-order valence-electron chi connectivity index (χ2n) is 6.40. The lowest BCUT2D eigenvalue weighted by molar-refractivity contribution is -0.123. The van der Waals surface area contributed by atoms with Gasteiger partial charge in [0.05, 0.1) is 5.56 Å². The fourth-order valence-electron chi connectivity index (χ4n) is 3.26. The molecule has 0 aliphatic carbocycles. The highest BCUT2D eigenvalue weighted by Crippen LogP contribution is 2.28. The molecule has 25 heavy (non-hydrogen) atoms. The van der Waals surface area contributed by atoms with Gasteiger partial charge < -0.3 is 10.3 Å². The van der Waals surface area contributed by atoms with Crippen LogP contribution in [0, 0.1) is 0 Å². The second-order valence-corrected chi connectivity index (χ2v) is 6.40. The van der Waals surface area contributed by atoms with Crippen LogP contribution in [0.2, 0.25) is 0 Å². The highest BCUT2D eigenvalue weighted by Gasteiger charge is 2.41. The molecule has 2 heterocycles. The molecular weight excluding hydrogens is 314 g/mol. The van der Waals surface area contributed by atoms with Crippen molar-refractivity contribution < 1.29 is 4.79 Å². The number of aliphatic imine (C=N–C) groups is 1. The van der Waals surface area contributed by atoms with Crippen LogP contribution in [0.15, 0.2) is 64.4 Å². The maximum atomic E-state index is 12.6. The first kappa shape index (κ1) is 15.3. The van der Waals surface area contributed by atoms with Crippen LogP contribution in [0.5, 0.6) is 0 Å². The zero-order valence-corrected chi connectivity index (χ0v) is 14.0. The molecule has 0 bridgehead atoms. The van der Waals surface area contributed by atoms with Gasteiger partial charge in [-0.05, 0) is 48.4 Å². The number of fused-ring (bicyclic) bond motifs is 1. The molecule has 1 aliphatic heterocycles. The molecule has 0 spiro atoms. The largest absolute Gasteiger partial charge is 0.322 e. The Morgan fingerprint density at radius 3 is 2.40 bits per heavy atom. The normalized spacial score (nSPS) is 19.8. The van der Waals surface area contributed by atoms with E-state index in [9.17, 15) is 9.59 Å². The number of aromatic amines is 1. The fourth-order valence-corrected chi connectivity index (χ4v) is 3.26. The van der Waals surface area contributed by atoms with Gasteiger partial charge in [-0.3, -0.25) is 14.6 Å². The van der Waals surface area contributed by atoms with Crippen molar-refractivity contribution in [2.75, 3.05) is 0 Å². The van der Waals surface area contributed by atoms with E-state index in [1.165, 1.54) is 0 Å². The minimum absolute atomic E-state index is 0.283. The van der Waals surface area contributed by atoms with Gasteiger partial charge in [0, 0.05) is 5.69 Å². The summed E-state index contributed by atoms with van der Waals surface area (Å²) < 4.78 is 0. The Hall–Kier alpha value is -3.21. The van der Waals surface area contributed by atoms with E-state index in [-0.39, 0.29) is 11.5 Å². The van der Waals surface area contributed by atoms with E-state index in [4.69, 9.17) is 0 Å². The average molecular weight is 331 g/mol. The Morgan fingerprint density at radius 2 is 1.72 bits per heavy atom. The lowest BCUT2D eigenvalue weighted by Crippen LogP contribution is -2.38. The molecule has 5 heteroatoms. The number of nitrogens with one attached hydrogen (secondary N) is 2. The Morgan fingerprint density at radius 1 is 0.960 bits per heavy atom. The van der Waals surface area contributed by atoms with Gasteiger partial charge in [-0.1, -0.05) is 36.4 Å². The molecule has 1 amide bonds. The number of amidine groups is 1. The molecule has 5 nitrogen and oxygen atoms in total. The molecule has 1 aliphatic rings. The van der Waals surface area contributed by atoms with Gasteiger partial charge >= 0.3 is 0 Å².